The third-order valence-corrected chi connectivity index (χ3v) is 3.63. The van der Waals surface area contributed by atoms with Gasteiger partial charge in [-0.1, -0.05) is 30.3 Å². The predicted molar refractivity (Wildman–Crippen MR) is 74.7 cm³/mol. The van der Waals surface area contributed by atoms with Crippen LogP contribution in [-0.4, -0.2) is 5.78 Å². The van der Waals surface area contributed by atoms with Gasteiger partial charge in [-0.05, 0) is 42.2 Å². The second kappa shape index (κ2) is 5.27. The van der Waals surface area contributed by atoms with Gasteiger partial charge in [0.2, 0.25) is 0 Å². The number of furan rings is 1. The van der Waals surface area contributed by atoms with E-state index in [1.807, 2.05) is 48.5 Å². The van der Waals surface area contributed by atoms with E-state index in [-0.39, 0.29) is 5.78 Å². The molecule has 0 N–H and O–H groups in total. The third kappa shape index (κ3) is 2.68. The van der Waals surface area contributed by atoms with E-state index in [2.05, 4.69) is 0 Å². The minimum atomic E-state index is 0.270. The molecular formula is C17H16O2. The molecule has 0 bridgehead atoms. The third-order valence-electron chi connectivity index (χ3n) is 3.63. The summed E-state index contributed by atoms with van der Waals surface area (Å²) >= 11 is 0. The molecule has 2 aromatic rings. The highest BCUT2D eigenvalue weighted by Crippen LogP contribution is 2.35. The Morgan fingerprint density at radius 2 is 1.95 bits per heavy atom. The zero-order chi connectivity index (χ0) is 13.1. The lowest BCUT2D eigenvalue weighted by Crippen LogP contribution is -2.15. The largest absolute Gasteiger partial charge is 0.469 e. The molecule has 1 fully saturated rings. The Labute approximate surface area is 112 Å². The SMILES string of the molecule is O=C1CCC(c2ccco2)CC1=Cc1ccccc1. The molecule has 1 aliphatic rings. The lowest BCUT2D eigenvalue weighted by atomic mass is 9.82. The van der Waals surface area contributed by atoms with Gasteiger partial charge in [0.1, 0.15) is 5.76 Å². The van der Waals surface area contributed by atoms with Crippen LogP contribution in [0.1, 0.15) is 36.5 Å². The molecule has 2 heteroatoms. The number of benzene rings is 1. The molecule has 19 heavy (non-hydrogen) atoms. The molecule has 1 atom stereocenters. The Morgan fingerprint density at radius 3 is 2.68 bits per heavy atom. The molecule has 0 saturated heterocycles. The van der Waals surface area contributed by atoms with Crippen molar-refractivity contribution in [3.8, 4) is 0 Å². The van der Waals surface area contributed by atoms with E-state index >= 15 is 0 Å². The Hall–Kier alpha value is -2.09. The molecule has 1 saturated carbocycles. The second-order valence-corrected chi connectivity index (χ2v) is 4.96. The van der Waals surface area contributed by atoms with Crippen LogP contribution in [0.25, 0.3) is 6.08 Å². The number of ketones is 1. The quantitative estimate of drug-likeness (QED) is 0.750. The maximum atomic E-state index is 12.0. The monoisotopic (exact) mass is 252 g/mol. The first kappa shape index (κ1) is 12.0. The van der Waals surface area contributed by atoms with Gasteiger partial charge >= 0.3 is 0 Å². The second-order valence-electron chi connectivity index (χ2n) is 4.96. The maximum Gasteiger partial charge on any atom is 0.158 e. The molecule has 1 aliphatic carbocycles. The molecule has 1 aromatic carbocycles. The van der Waals surface area contributed by atoms with Gasteiger partial charge in [0.05, 0.1) is 6.26 Å². The molecule has 3 rings (SSSR count). The fraction of sp³-hybridized carbons (Fsp3) is 0.235. The van der Waals surface area contributed by atoms with Crippen LogP contribution in [0.4, 0.5) is 0 Å². The smallest absolute Gasteiger partial charge is 0.158 e. The highest BCUT2D eigenvalue weighted by Gasteiger charge is 2.26. The van der Waals surface area contributed by atoms with E-state index in [0.29, 0.717) is 12.3 Å². The van der Waals surface area contributed by atoms with E-state index in [9.17, 15) is 4.79 Å². The van der Waals surface area contributed by atoms with Crippen LogP contribution in [0.3, 0.4) is 0 Å². The number of allylic oxidation sites excluding steroid dienone is 1. The molecule has 2 nitrogen and oxygen atoms in total. The van der Waals surface area contributed by atoms with Gasteiger partial charge in [0, 0.05) is 12.3 Å². The van der Waals surface area contributed by atoms with Crippen LogP contribution in [0.15, 0.2) is 58.7 Å². The molecule has 0 spiro atoms. The number of Topliss-reactive ketones (excluding diaryl/α,β-unsaturated/α-hetero) is 1. The summed E-state index contributed by atoms with van der Waals surface area (Å²) in [6, 6.07) is 13.9. The van der Waals surface area contributed by atoms with Gasteiger partial charge in [-0.2, -0.15) is 0 Å². The molecule has 1 aromatic heterocycles. The van der Waals surface area contributed by atoms with Crippen LogP contribution in [0, 0.1) is 0 Å². The van der Waals surface area contributed by atoms with Crippen molar-refractivity contribution in [1.29, 1.82) is 0 Å². The molecule has 0 aliphatic heterocycles. The van der Waals surface area contributed by atoms with E-state index in [4.69, 9.17) is 4.42 Å². The summed E-state index contributed by atoms with van der Waals surface area (Å²) < 4.78 is 5.47. The number of carbonyl (C=O) groups is 1. The maximum absolute atomic E-state index is 12.0. The summed E-state index contributed by atoms with van der Waals surface area (Å²) in [5, 5.41) is 0. The molecule has 1 unspecified atom stereocenters. The molecule has 0 radical (unpaired) electrons. The Morgan fingerprint density at radius 1 is 1.11 bits per heavy atom. The van der Waals surface area contributed by atoms with Crippen molar-refractivity contribution < 1.29 is 9.21 Å². The standard InChI is InChI=1S/C17H16O2/c18-16-9-8-14(17-7-4-10-19-17)12-15(16)11-13-5-2-1-3-6-13/h1-7,10-11,14H,8-9,12H2. The summed E-state index contributed by atoms with van der Waals surface area (Å²) in [4.78, 5) is 12.0. The van der Waals surface area contributed by atoms with Crippen LogP contribution in [-0.2, 0) is 4.79 Å². The number of hydrogen-bond donors (Lipinski definition) is 0. The Kier molecular flexibility index (Phi) is 3.32. The Balaban J connectivity index is 1.84. The van der Waals surface area contributed by atoms with Crippen molar-refractivity contribution >= 4 is 11.9 Å². The minimum absolute atomic E-state index is 0.270. The van der Waals surface area contributed by atoms with Crippen molar-refractivity contribution in [2.45, 2.75) is 25.2 Å². The predicted octanol–water partition coefficient (Wildman–Crippen LogP) is 4.20. The van der Waals surface area contributed by atoms with Crippen LogP contribution >= 0.6 is 0 Å². The van der Waals surface area contributed by atoms with Gasteiger partial charge in [-0.3, -0.25) is 4.79 Å². The van der Waals surface area contributed by atoms with E-state index in [1.54, 1.807) is 6.26 Å². The average Bonchev–Trinajstić information content (AvgIpc) is 2.96. The van der Waals surface area contributed by atoms with Gasteiger partial charge in [0.15, 0.2) is 5.78 Å². The molecular weight excluding hydrogens is 236 g/mol. The molecule has 0 amide bonds. The summed E-state index contributed by atoms with van der Waals surface area (Å²) in [6.45, 7) is 0. The van der Waals surface area contributed by atoms with Crippen molar-refractivity contribution in [1.82, 2.24) is 0 Å². The summed E-state index contributed by atoms with van der Waals surface area (Å²) in [7, 11) is 0. The minimum Gasteiger partial charge on any atom is -0.469 e. The first-order valence-corrected chi connectivity index (χ1v) is 6.65. The highest BCUT2D eigenvalue weighted by atomic mass is 16.3. The summed E-state index contributed by atoms with van der Waals surface area (Å²) in [5.41, 5.74) is 2.00. The van der Waals surface area contributed by atoms with Gasteiger partial charge < -0.3 is 4.42 Å². The highest BCUT2D eigenvalue weighted by molar-refractivity contribution is 6.00. The Bertz CT molecular complexity index is 579. The first-order chi connectivity index (χ1) is 9.33. The van der Waals surface area contributed by atoms with Crippen LogP contribution < -0.4 is 0 Å². The first-order valence-electron chi connectivity index (χ1n) is 6.65. The molecule has 1 heterocycles. The summed E-state index contributed by atoms with van der Waals surface area (Å²) in [5.74, 6) is 1.60. The molecule has 96 valence electrons. The van der Waals surface area contributed by atoms with Crippen LogP contribution in [0.2, 0.25) is 0 Å². The van der Waals surface area contributed by atoms with Crippen LogP contribution in [0.5, 0.6) is 0 Å². The van der Waals surface area contributed by atoms with Gasteiger partial charge in [-0.25, -0.2) is 0 Å². The normalized spacial score (nSPS) is 21.8. The number of hydrogen-bond acceptors (Lipinski definition) is 2. The fourth-order valence-corrected chi connectivity index (χ4v) is 2.60. The number of carbonyl (C=O) groups excluding carboxylic acids is 1. The van der Waals surface area contributed by atoms with Crippen molar-refractivity contribution in [3.05, 3.63) is 65.6 Å². The topological polar surface area (TPSA) is 30.2 Å². The van der Waals surface area contributed by atoms with Gasteiger partial charge in [0.25, 0.3) is 0 Å². The van der Waals surface area contributed by atoms with Crippen molar-refractivity contribution in [3.63, 3.8) is 0 Å². The number of rotatable bonds is 2. The van der Waals surface area contributed by atoms with E-state index < -0.39 is 0 Å². The summed E-state index contributed by atoms with van der Waals surface area (Å²) in [6.07, 6.45) is 5.99. The van der Waals surface area contributed by atoms with Crippen molar-refractivity contribution in [2.24, 2.45) is 0 Å². The lowest BCUT2D eigenvalue weighted by molar-refractivity contribution is -0.116. The van der Waals surface area contributed by atoms with E-state index in [0.717, 1.165) is 29.7 Å². The fourth-order valence-electron chi connectivity index (χ4n) is 2.60. The van der Waals surface area contributed by atoms with Gasteiger partial charge in [-0.15, -0.1) is 0 Å². The zero-order valence-electron chi connectivity index (χ0n) is 10.7. The lowest BCUT2D eigenvalue weighted by Gasteiger charge is -2.21. The average molecular weight is 252 g/mol. The van der Waals surface area contributed by atoms with Crippen molar-refractivity contribution in [2.75, 3.05) is 0 Å². The van der Waals surface area contributed by atoms with E-state index in [1.165, 1.54) is 0 Å². The zero-order valence-corrected chi connectivity index (χ0v) is 10.7.